The van der Waals surface area contributed by atoms with Gasteiger partial charge in [0.25, 0.3) is 5.91 Å². The molecule has 23 heavy (non-hydrogen) atoms. The molecule has 0 saturated carbocycles. The number of hydrogen-bond donors (Lipinski definition) is 2. The predicted octanol–water partition coefficient (Wildman–Crippen LogP) is 2.96. The highest BCUT2D eigenvalue weighted by molar-refractivity contribution is 5.94. The van der Waals surface area contributed by atoms with Gasteiger partial charge in [0.05, 0.1) is 6.61 Å². The molecular weight excluding hydrogens is 297 g/mol. The van der Waals surface area contributed by atoms with Crippen LogP contribution in [0.2, 0.25) is 0 Å². The SMILES string of the molecule is O=C(NCC1CCOC1)c1ccc(-c2cc(F)ccc2O)cc1. The summed E-state index contributed by atoms with van der Waals surface area (Å²) in [6.07, 6.45) is 0.970. The highest BCUT2D eigenvalue weighted by Gasteiger charge is 2.17. The highest BCUT2D eigenvalue weighted by Crippen LogP contribution is 2.29. The maximum absolute atomic E-state index is 13.3. The third-order valence-corrected chi connectivity index (χ3v) is 3.99. The maximum atomic E-state index is 13.3. The van der Waals surface area contributed by atoms with Gasteiger partial charge in [0, 0.05) is 30.2 Å². The molecule has 1 atom stereocenters. The molecule has 1 aliphatic rings. The van der Waals surface area contributed by atoms with Crippen molar-refractivity contribution in [1.29, 1.82) is 0 Å². The van der Waals surface area contributed by atoms with Gasteiger partial charge >= 0.3 is 0 Å². The molecule has 1 amide bonds. The smallest absolute Gasteiger partial charge is 0.251 e. The number of halogens is 1. The predicted molar refractivity (Wildman–Crippen MR) is 84.8 cm³/mol. The minimum atomic E-state index is -0.418. The van der Waals surface area contributed by atoms with Gasteiger partial charge < -0.3 is 15.2 Å². The van der Waals surface area contributed by atoms with Gasteiger partial charge in [-0.2, -0.15) is 0 Å². The molecule has 1 heterocycles. The molecule has 3 rings (SSSR count). The van der Waals surface area contributed by atoms with E-state index in [1.807, 2.05) is 0 Å². The highest BCUT2D eigenvalue weighted by atomic mass is 19.1. The van der Waals surface area contributed by atoms with E-state index < -0.39 is 5.82 Å². The monoisotopic (exact) mass is 315 g/mol. The van der Waals surface area contributed by atoms with E-state index in [2.05, 4.69) is 5.32 Å². The largest absolute Gasteiger partial charge is 0.507 e. The molecule has 0 spiro atoms. The lowest BCUT2D eigenvalue weighted by Crippen LogP contribution is -2.29. The molecule has 1 saturated heterocycles. The standard InChI is InChI=1S/C18H18FNO3/c19-15-5-6-17(21)16(9-15)13-1-3-14(4-2-13)18(22)20-10-12-7-8-23-11-12/h1-6,9,12,21H,7-8,10-11H2,(H,20,22). The Bertz CT molecular complexity index is 694. The maximum Gasteiger partial charge on any atom is 0.251 e. The van der Waals surface area contributed by atoms with E-state index in [4.69, 9.17) is 4.74 Å². The minimum absolute atomic E-state index is 0.00448. The van der Waals surface area contributed by atoms with Crippen LogP contribution in [0.3, 0.4) is 0 Å². The van der Waals surface area contributed by atoms with Crippen LogP contribution in [0.1, 0.15) is 16.8 Å². The Kier molecular flexibility index (Phi) is 4.57. The van der Waals surface area contributed by atoms with Crippen LogP contribution in [0.5, 0.6) is 5.75 Å². The molecule has 0 radical (unpaired) electrons. The molecule has 1 aliphatic heterocycles. The van der Waals surface area contributed by atoms with E-state index in [0.717, 1.165) is 13.0 Å². The van der Waals surface area contributed by atoms with E-state index in [-0.39, 0.29) is 11.7 Å². The molecule has 2 N–H and O–H groups in total. The first-order valence-corrected chi connectivity index (χ1v) is 7.58. The summed E-state index contributed by atoms with van der Waals surface area (Å²) in [7, 11) is 0. The number of nitrogens with one attached hydrogen (secondary N) is 1. The Morgan fingerprint density at radius 3 is 2.74 bits per heavy atom. The first-order valence-electron chi connectivity index (χ1n) is 7.58. The second-order valence-corrected chi connectivity index (χ2v) is 5.68. The first kappa shape index (κ1) is 15.5. The molecule has 4 nitrogen and oxygen atoms in total. The summed E-state index contributed by atoms with van der Waals surface area (Å²) in [6.45, 7) is 2.05. The number of aromatic hydroxyl groups is 1. The van der Waals surface area contributed by atoms with Crippen LogP contribution in [0.15, 0.2) is 42.5 Å². The lowest BCUT2D eigenvalue weighted by Gasteiger charge is -2.10. The average Bonchev–Trinajstić information content (AvgIpc) is 3.08. The second-order valence-electron chi connectivity index (χ2n) is 5.68. The zero-order valence-corrected chi connectivity index (χ0v) is 12.6. The minimum Gasteiger partial charge on any atom is -0.507 e. The van der Waals surface area contributed by atoms with Gasteiger partial charge in [0.2, 0.25) is 0 Å². The van der Waals surface area contributed by atoms with Crippen molar-refractivity contribution in [2.75, 3.05) is 19.8 Å². The van der Waals surface area contributed by atoms with Crippen molar-refractivity contribution in [3.05, 3.63) is 53.8 Å². The average molecular weight is 315 g/mol. The van der Waals surface area contributed by atoms with Crippen LogP contribution in [-0.4, -0.2) is 30.8 Å². The lowest BCUT2D eigenvalue weighted by atomic mass is 10.0. The van der Waals surface area contributed by atoms with E-state index in [9.17, 15) is 14.3 Å². The topological polar surface area (TPSA) is 58.6 Å². The molecule has 2 aromatic carbocycles. The number of carbonyl (C=O) groups is 1. The molecular formula is C18H18FNO3. The van der Waals surface area contributed by atoms with Gasteiger partial charge in [-0.25, -0.2) is 4.39 Å². The van der Waals surface area contributed by atoms with Gasteiger partial charge in [0.1, 0.15) is 11.6 Å². The number of hydrogen-bond acceptors (Lipinski definition) is 3. The third kappa shape index (κ3) is 3.68. The van der Waals surface area contributed by atoms with Gasteiger partial charge in [-0.15, -0.1) is 0 Å². The normalized spacial score (nSPS) is 17.2. The molecule has 1 unspecified atom stereocenters. The van der Waals surface area contributed by atoms with Crippen LogP contribution in [0, 0.1) is 11.7 Å². The number of ether oxygens (including phenoxy) is 1. The number of rotatable bonds is 4. The molecule has 1 fully saturated rings. The van der Waals surface area contributed by atoms with Crippen molar-refractivity contribution in [2.24, 2.45) is 5.92 Å². The molecule has 0 aromatic heterocycles. The second kappa shape index (κ2) is 6.79. The molecule has 5 heteroatoms. The van der Waals surface area contributed by atoms with Crippen molar-refractivity contribution in [1.82, 2.24) is 5.32 Å². The van der Waals surface area contributed by atoms with Crippen molar-refractivity contribution in [2.45, 2.75) is 6.42 Å². The van der Waals surface area contributed by atoms with Crippen molar-refractivity contribution in [3.63, 3.8) is 0 Å². The van der Waals surface area contributed by atoms with Gasteiger partial charge in [-0.3, -0.25) is 4.79 Å². The Labute approximate surface area is 133 Å². The first-order chi connectivity index (χ1) is 11.1. The molecule has 0 bridgehead atoms. The van der Waals surface area contributed by atoms with Crippen LogP contribution < -0.4 is 5.32 Å². The Morgan fingerprint density at radius 1 is 1.26 bits per heavy atom. The summed E-state index contributed by atoms with van der Waals surface area (Å²) >= 11 is 0. The molecule has 2 aromatic rings. The Hall–Kier alpha value is -2.40. The number of carbonyl (C=O) groups excluding carboxylic acids is 1. The molecule has 0 aliphatic carbocycles. The van der Waals surface area contributed by atoms with Gasteiger partial charge in [0.15, 0.2) is 0 Å². The fraction of sp³-hybridized carbons (Fsp3) is 0.278. The number of phenols is 1. The van der Waals surface area contributed by atoms with E-state index in [1.54, 1.807) is 24.3 Å². The van der Waals surface area contributed by atoms with Crippen LogP contribution in [0.4, 0.5) is 4.39 Å². The zero-order chi connectivity index (χ0) is 16.2. The summed E-state index contributed by atoms with van der Waals surface area (Å²) in [5.74, 6) is -0.183. The fourth-order valence-electron chi connectivity index (χ4n) is 2.62. The van der Waals surface area contributed by atoms with Crippen LogP contribution in [0.25, 0.3) is 11.1 Å². The number of amides is 1. The van der Waals surface area contributed by atoms with Crippen molar-refractivity contribution >= 4 is 5.91 Å². The summed E-state index contributed by atoms with van der Waals surface area (Å²) < 4.78 is 18.6. The van der Waals surface area contributed by atoms with Gasteiger partial charge in [-0.05, 0) is 42.3 Å². The van der Waals surface area contributed by atoms with E-state index in [1.165, 1.54) is 18.2 Å². The summed E-state index contributed by atoms with van der Waals surface area (Å²) in [6, 6.07) is 10.5. The summed E-state index contributed by atoms with van der Waals surface area (Å²) in [5, 5.41) is 12.7. The van der Waals surface area contributed by atoms with Crippen LogP contribution in [-0.2, 0) is 4.74 Å². The van der Waals surface area contributed by atoms with Crippen LogP contribution >= 0.6 is 0 Å². The third-order valence-electron chi connectivity index (χ3n) is 3.99. The Morgan fingerprint density at radius 2 is 2.04 bits per heavy atom. The zero-order valence-electron chi connectivity index (χ0n) is 12.6. The van der Waals surface area contributed by atoms with E-state index in [0.29, 0.717) is 35.8 Å². The molecule has 120 valence electrons. The Balaban J connectivity index is 1.68. The number of benzene rings is 2. The fourth-order valence-corrected chi connectivity index (χ4v) is 2.62. The van der Waals surface area contributed by atoms with Crippen molar-refractivity contribution < 1.29 is 19.0 Å². The van der Waals surface area contributed by atoms with E-state index >= 15 is 0 Å². The van der Waals surface area contributed by atoms with Crippen molar-refractivity contribution in [3.8, 4) is 16.9 Å². The quantitative estimate of drug-likeness (QED) is 0.912. The number of phenolic OH excluding ortho intramolecular Hbond substituents is 1. The summed E-state index contributed by atoms with van der Waals surface area (Å²) in [5.41, 5.74) is 1.59. The lowest BCUT2D eigenvalue weighted by molar-refractivity contribution is 0.0945. The van der Waals surface area contributed by atoms with Gasteiger partial charge in [-0.1, -0.05) is 12.1 Å². The summed E-state index contributed by atoms with van der Waals surface area (Å²) in [4.78, 5) is 12.1.